The number of esters is 1. The number of amides is 1. The van der Waals surface area contributed by atoms with Crippen molar-refractivity contribution >= 4 is 22.8 Å². The van der Waals surface area contributed by atoms with Crippen molar-refractivity contribution in [2.75, 3.05) is 20.2 Å². The Morgan fingerprint density at radius 2 is 1.92 bits per heavy atom. The Labute approximate surface area is 144 Å². The lowest BCUT2D eigenvalue weighted by atomic mass is 10.1. The summed E-state index contributed by atoms with van der Waals surface area (Å²) in [6.07, 6.45) is -0.818. The number of methoxy groups -OCH3 is 1. The van der Waals surface area contributed by atoms with Crippen LogP contribution < -0.4 is 5.63 Å². The summed E-state index contributed by atoms with van der Waals surface area (Å²) < 4.78 is 9.85. The summed E-state index contributed by atoms with van der Waals surface area (Å²) in [5.41, 5.74) is -0.518. The Kier molecular flexibility index (Phi) is 5.93. The predicted octanol–water partition coefficient (Wildman–Crippen LogP) is 1.43. The van der Waals surface area contributed by atoms with Crippen molar-refractivity contribution in [1.82, 2.24) is 4.90 Å². The molecule has 25 heavy (non-hydrogen) atoms. The van der Waals surface area contributed by atoms with Crippen LogP contribution in [0, 0.1) is 5.92 Å². The highest BCUT2D eigenvalue weighted by Crippen LogP contribution is 2.15. The first-order valence-corrected chi connectivity index (χ1v) is 7.91. The van der Waals surface area contributed by atoms with Gasteiger partial charge in [-0.25, -0.2) is 4.79 Å². The van der Waals surface area contributed by atoms with E-state index in [2.05, 4.69) is 4.74 Å². The van der Waals surface area contributed by atoms with E-state index in [0.29, 0.717) is 11.0 Å². The van der Waals surface area contributed by atoms with Crippen molar-refractivity contribution in [1.29, 1.82) is 0 Å². The number of nitrogens with zero attached hydrogens (tertiary/aromatic N) is 1. The van der Waals surface area contributed by atoms with Crippen molar-refractivity contribution in [3.8, 4) is 0 Å². The van der Waals surface area contributed by atoms with Crippen LogP contribution in [0.4, 0.5) is 0 Å². The van der Waals surface area contributed by atoms with Crippen LogP contribution in [-0.2, 0) is 9.53 Å². The van der Waals surface area contributed by atoms with Crippen molar-refractivity contribution < 1.29 is 23.8 Å². The van der Waals surface area contributed by atoms with Crippen molar-refractivity contribution in [3.63, 3.8) is 0 Å². The van der Waals surface area contributed by atoms with Gasteiger partial charge in [0.05, 0.1) is 19.1 Å². The summed E-state index contributed by atoms with van der Waals surface area (Å²) in [5, 5.41) is 10.3. The quantitative estimate of drug-likeness (QED) is 0.627. The second-order valence-electron chi connectivity index (χ2n) is 5.97. The van der Waals surface area contributed by atoms with Gasteiger partial charge in [0.25, 0.3) is 5.91 Å². The third-order valence-corrected chi connectivity index (χ3v) is 3.74. The molecule has 1 heterocycles. The Bertz CT molecular complexity index is 826. The van der Waals surface area contributed by atoms with Gasteiger partial charge in [-0.05, 0) is 19.1 Å². The van der Waals surface area contributed by atoms with Crippen LogP contribution in [0.15, 0.2) is 39.5 Å². The minimum Gasteiger partial charge on any atom is -0.469 e. The number of aliphatic hydroxyl groups is 1. The first-order valence-electron chi connectivity index (χ1n) is 7.91. The summed E-state index contributed by atoms with van der Waals surface area (Å²) in [7, 11) is 1.26. The van der Waals surface area contributed by atoms with E-state index in [1.54, 1.807) is 31.2 Å². The maximum atomic E-state index is 12.8. The molecule has 0 bridgehead atoms. The molecule has 0 saturated carbocycles. The molecule has 2 rings (SSSR count). The second-order valence-corrected chi connectivity index (χ2v) is 5.97. The van der Waals surface area contributed by atoms with Crippen LogP contribution >= 0.6 is 0 Å². The van der Waals surface area contributed by atoms with E-state index in [1.165, 1.54) is 25.0 Å². The molecule has 0 radical (unpaired) electrons. The fourth-order valence-corrected chi connectivity index (χ4v) is 2.55. The monoisotopic (exact) mass is 347 g/mol. The Hall–Kier alpha value is -2.67. The molecule has 2 aromatic rings. The van der Waals surface area contributed by atoms with E-state index in [-0.39, 0.29) is 18.7 Å². The smallest absolute Gasteiger partial charge is 0.349 e. The summed E-state index contributed by atoms with van der Waals surface area (Å²) >= 11 is 0. The van der Waals surface area contributed by atoms with Gasteiger partial charge in [-0.15, -0.1) is 0 Å². The topological polar surface area (TPSA) is 97.1 Å². The van der Waals surface area contributed by atoms with Crippen LogP contribution in [0.25, 0.3) is 11.0 Å². The number of carbonyl (C=O) groups excluding carboxylic acids is 2. The van der Waals surface area contributed by atoms with E-state index >= 15 is 0 Å². The van der Waals surface area contributed by atoms with Crippen LogP contribution in [0.2, 0.25) is 0 Å². The molecule has 1 aromatic heterocycles. The SMILES string of the molecule is COC(=O)C(C)CN(CC(C)O)C(=O)c1cc2ccccc2oc1=O. The van der Waals surface area contributed by atoms with Crippen LogP contribution in [-0.4, -0.2) is 48.2 Å². The third-order valence-electron chi connectivity index (χ3n) is 3.74. The Morgan fingerprint density at radius 3 is 2.56 bits per heavy atom. The van der Waals surface area contributed by atoms with Crippen LogP contribution in [0.5, 0.6) is 0 Å². The molecule has 1 aromatic carbocycles. The van der Waals surface area contributed by atoms with Gasteiger partial charge in [0.1, 0.15) is 11.1 Å². The minimum atomic E-state index is -0.818. The van der Waals surface area contributed by atoms with Gasteiger partial charge < -0.3 is 19.2 Å². The molecule has 0 fully saturated rings. The molecule has 7 heteroatoms. The highest BCUT2D eigenvalue weighted by molar-refractivity contribution is 5.96. The molecule has 0 aliphatic heterocycles. The predicted molar refractivity (Wildman–Crippen MR) is 91.2 cm³/mol. The van der Waals surface area contributed by atoms with Crippen molar-refractivity contribution in [2.45, 2.75) is 20.0 Å². The maximum Gasteiger partial charge on any atom is 0.349 e. The molecular formula is C18H21NO6. The van der Waals surface area contributed by atoms with Gasteiger partial charge in [0.2, 0.25) is 0 Å². The highest BCUT2D eigenvalue weighted by atomic mass is 16.5. The molecule has 0 spiro atoms. The first-order chi connectivity index (χ1) is 11.8. The largest absolute Gasteiger partial charge is 0.469 e. The first kappa shape index (κ1) is 18.7. The number of hydrogen-bond acceptors (Lipinski definition) is 6. The second kappa shape index (κ2) is 7.94. The number of benzene rings is 1. The molecule has 0 saturated heterocycles. The number of ether oxygens (including phenoxy) is 1. The molecule has 1 amide bonds. The molecule has 0 aliphatic rings. The van der Waals surface area contributed by atoms with Crippen LogP contribution in [0.3, 0.4) is 0 Å². The fourth-order valence-electron chi connectivity index (χ4n) is 2.55. The normalized spacial score (nSPS) is 13.3. The standard InChI is InChI=1S/C18H21NO6/c1-11(17(22)24-3)9-19(10-12(2)20)16(21)14-8-13-6-4-5-7-15(13)25-18(14)23/h4-8,11-12,20H,9-10H2,1-3H3. The zero-order valence-corrected chi connectivity index (χ0v) is 14.4. The third kappa shape index (κ3) is 4.45. The van der Waals surface area contributed by atoms with Crippen LogP contribution in [0.1, 0.15) is 24.2 Å². The fraction of sp³-hybridized carbons (Fsp3) is 0.389. The molecule has 1 N–H and O–H groups in total. The lowest BCUT2D eigenvalue weighted by molar-refractivity contribution is -0.145. The molecule has 134 valence electrons. The minimum absolute atomic E-state index is 0.0165. The number of hydrogen-bond donors (Lipinski definition) is 1. The van der Waals surface area contributed by atoms with E-state index in [1.807, 2.05) is 0 Å². The van der Waals surface area contributed by atoms with E-state index in [0.717, 1.165) is 0 Å². The number of aliphatic hydroxyl groups excluding tert-OH is 1. The van der Waals surface area contributed by atoms with Gasteiger partial charge in [-0.2, -0.15) is 0 Å². The van der Waals surface area contributed by atoms with E-state index in [4.69, 9.17) is 4.42 Å². The molecule has 0 aliphatic carbocycles. The lowest BCUT2D eigenvalue weighted by Crippen LogP contribution is -2.42. The summed E-state index contributed by atoms with van der Waals surface area (Å²) in [6, 6.07) is 8.32. The molecule has 7 nitrogen and oxygen atoms in total. The number of fused-ring (bicyclic) bond motifs is 1. The van der Waals surface area contributed by atoms with Gasteiger partial charge in [0.15, 0.2) is 0 Å². The molecule has 2 atom stereocenters. The average Bonchev–Trinajstić information content (AvgIpc) is 2.58. The summed E-state index contributed by atoms with van der Waals surface area (Å²) in [6.45, 7) is 3.12. The van der Waals surface area contributed by atoms with E-state index in [9.17, 15) is 19.5 Å². The van der Waals surface area contributed by atoms with Gasteiger partial charge in [-0.1, -0.05) is 25.1 Å². The lowest BCUT2D eigenvalue weighted by Gasteiger charge is -2.26. The zero-order chi connectivity index (χ0) is 18.6. The Balaban J connectivity index is 2.36. The summed E-state index contributed by atoms with van der Waals surface area (Å²) in [4.78, 5) is 37.9. The van der Waals surface area contributed by atoms with Crippen molar-refractivity contribution in [3.05, 3.63) is 46.3 Å². The molecular weight excluding hydrogens is 326 g/mol. The van der Waals surface area contributed by atoms with Gasteiger partial charge >= 0.3 is 11.6 Å². The highest BCUT2D eigenvalue weighted by Gasteiger charge is 2.26. The van der Waals surface area contributed by atoms with Crippen molar-refractivity contribution in [2.24, 2.45) is 5.92 Å². The Morgan fingerprint density at radius 1 is 1.24 bits per heavy atom. The van der Waals surface area contributed by atoms with Gasteiger partial charge in [0, 0.05) is 18.5 Å². The van der Waals surface area contributed by atoms with Gasteiger partial charge in [-0.3, -0.25) is 9.59 Å². The average molecular weight is 347 g/mol. The maximum absolute atomic E-state index is 12.8. The van der Waals surface area contributed by atoms with E-state index < -0.39 is 29.5 Å². The number of carbonyl (C=O) groups is 2. The zero-order valence-electron chi connectivity index (χ0n) is 14.4. The summed E-state index contributed by atoms with van der Waals surface area (Å²) in [5.74, 6) is -1.68. The number of para-hydroxylation sites is 1. The number of rotatable bonds is 6. The molecule has 2 unspecified atom stereocenters.